The highest BCUT2D eigenvalue weighted by Crippen LogP contribution is 1.99. The van der Waals surface area contributed by atoms with Crippen LogP contribution >= 0.6 is 0 Å². The van der Waals surface area contributed by atoms with Gasteiger partial charge in [0.25, 0.3) is 0 Å². The van der Waals surface area contributed by atoms with E-state index < -0.39 is 0 Å². The van der Waals surface area contributed by atoms with Crippen LogP contribution in [0.3, 0.4) is 0 Å². The smallest absolute Gasteiger partial charge is 0.133 e. The molecule has 0 spiro atoms. The molecular weight excluding hydrogens is 162 g/mol. The number of likely N-dealkylation sites (N-methyl/N-ethyl adjacent to an activating group) is 1. The minimum Gasteiger partial charge on any atom is -0.378 e. The summed E-state index contributed by atoms with van der Waals surface area (Å²) >= 11 is 0. The maximum Gasteiger partial charge on any atom is 0.133 e. The third-order valence-corrected chi connectivity index (χ3v) is 1.53. The van der Waals surface area contributed by atoms with Gasteiger partial charge in [0.2, 0.25) is 0 Å². The van der Waals surface area contributed by atoms with Gasteiger partial charge in [0, 0.05) is 26.2 Å². The van der Waals surface area contributed by atoms with Gasteiger partial charge in [-0.1, -0.05) is 18.7 Å². The van der Waals surface area contributed by atoms with Crippen molar-refractivity contribution in [3.8, 4) is 0 Å². The van der Waals surface area contributed by atoms with E-state index in [1.165, 1.54) is 0 Å². The van der Waals surface area contributed by atoms with E-state index in [-0.39, 0.29) is 5.78 Å². The second-order valence-electron chi connectivity index (χ2n) is 3.02. The Morgan fingerprint density at radius 3 is 2.46 bits per heavy atom. The van der Waals surface area contributed by atoms with E-state index in [4.69, 9.17) is 0 Å². The van der Waals surface area contributed by atoms with Gasteiger partial charge in [-0.25, -0.2) is 0 Å². The quantitative estimate of drug-likeness (QED) is 0.603. The lowest BCUT2D eigenvalue weighted by atomic mass is 10.2. The van der Waals surface area contributed by atoms with E-state index in [1.54, 1.807) is 13.0 Å². The van der Waals surface area contributed by atoms with Crippen LogP contribution in [0.25, 0.3) is 0 Å². The Hall–Kier alpha value is -1.31. The van der Waals surface area contributed by atoms with E-state index in [0.29, 0.717) is 6.42 Å². The van der Waals surface area contributed by atoms with Crippen LogP contribution in [0.1, 0.15) is 13.3 Å². The number of hydrogen-bond acceptors (Lipinski definition) is 2. The van der Waals surface area contributed by atoms with Crippen LogP contribution in [-0.4, -0.2) is 24.8 Å². The van der Waals surface area contributed by atoms with Gasteiger partial charge in [-0.2, -0.15) is 0 Å². The highest BCUT2D eigenvalue weighted by Gasteiger charge is 1.90. The number of Topliss-reactive ketones (excluding diaryl/α,β-unsaturated/α-hetero) is 1. The van der Waals surface area contributed by atoms with E-state index in [0.717, 1.165) is 5.70 Å². The first-order valence-electron chi connectivity index (χ1n) is 4.24. The Morgan fingerprint density at radius 2 is 2.08 bits per heavy atom. The van der Waals surface area contributed by atoms with Crippen molar-refractivity contribution >= 4 is 5.78 Å². The summed E-state index contributed by atoms with van der Waals surface area (Å²) in [5.41, 5.74) is 1.03. The molecule has 0 unspecified atom stereocenters. The van der Waals surface area contributed by atoms with Gasteiger partial charge >= 0.3 is 0 Å². The minimum atomic E-state index is 0.176. The molecule has 0 aromatic heterocycles. The zero-order valence-corrected chi connectivity index (χ0v) is 8.58. The fraction of sp³-hybridized carbons (Fsp3) is 0.364. The van der Waals surface area contributed by atoms with Crippen molar-refractivity contribution in [3.05, 3.63) is 36.6 Å². The number of carbonyl (C=O) groups is 1. The van der Waals surface area contributed by atoms with E-state index in [1.807, 2.05) is 37.2 Å². The fourth-order valence-electron chi connectivity index (χ4n) is 0.800. The summed E-state index contributed by atoms with van der Waals surface area (Å²) < 4.78 is 0. The van der Waals surface area contributed by atoms with Crippen molar-refractivity contribution in [1.82, 2.24) is 4.90 Å². The van der Waals surface area contributed by atoms with Crippen molar-refractivity contribution < 1.29 is 4.79 Å². The molecule has 0 saturated heterocycles. The van der Waals surface area contributed by atoms with Gasteiger partial charge in [-0.15, -0.1) is 0 Å². The molecule has 0 aliphatic carbocycles. The van der Waals surface area contributed by atoms with Crippen LogP contribution in [0.4, 0.5) is 0 Å². The molecule has 0 aliphatic rings. The fourth-order valence-corrected chi connectivity index (χ4v) is 0.800. The lowest BCUT2D eigenvalue weighted by Gasteiger charge is -2.11. The lowest BCUT2D eigenvalue weighted by Crippen LogP contribution is -2.08. The molecule has 0 amide bonds. The molecule has 0 N–H and O–H groups in total. The molecule has 0 atom stereocenters. The molecule has 2 heteroatoms. The molecule has 0 aromatic rings. The Balaban J connectivity index is 4.13. The van der Waals surface area contributed by atoms with Crippen LogP contribution < -0.4 is 0 Å². The second kappa shape index (κ2) is 6.23. The standard InChI is InChI=1S/C11H17NO/c1-5-11(12(3)4)9-7-6-8-10(2)13/h5-7,9H,1,8H2,2-4H3/b7-6+,11-9+. The summed E-state index contributed by atoms with van der Waals surface area (Å²) in [5, 5.41) is 0. The van der Waals surface area contributed by atoms with Crippen LogP contribution in [0.2, 0.25) is 0 Å². The monoisotopic (exact) mass is 179 g/mol. The molecule has 0 heterocycles. The number of carbonyl (C=O) groups excluding carboxylic acids is 1. The average Bonchev–Trinajstić information content (AvgIpc) is 2.03. The van der Waals surface area contributed by atoms with Crippen molar-refractivity contribution in [2.24, 2.45) is 0 Å². The first-order chi connectivity index (χ1) is 6.07. The summed E-state index contributed by atoms with van der Waals surface area (Å²) in [5.74, 6) is 0.176. The van der Waals surface area contributed by atoms with Crippen LogP contribution in [0, 0.1) is 0 Å². The summed E-state index contributed by atoms with van der Waals surface area (Å²) in [6.45, 7) is 5.26. The van der Waals surface area contributed by atoms with Gasteiger partial charge in [-0.05, 0) is 19.1 Å². The van der Waals surface area contributed by atoms with Gasteiger partial charge in [0.15, 0.2) is 0 Å². The Labute approximate surface area is 80.2 Å². The van der Waals surface area contributed by atoms with E-state index >= 15 is 0 Å². The first kappa shape index (κ1) is 11.7. The highest BCUT2D eigenvalue weighted by molar-refractivity contribution is 5.77. The summed E-state index contributed by atoms with van der Waals surface area (Å²) in [6, 6.07) is 0. The SMILES string of the molecule is C=C/C(=C\C=C\CC(C)=O)N(C)C. The summed E-state index contributed by atoms with van der Waals surface area (Å²) in [4.78, 5) is 12.6. The number of rotatable bonds is 5. The third kappa shape index (κ3) is 5.91. The molecule has 72 valence electrons. The largest absolute Gasteiger partial charge is 0.378 e. The van der Waals surface area contributed by atoms with Crippen LogP contribution in [0.15, 0.2) is 36.6 Å². The average molecular weight is 179 g/mol. The molecule has 0 rings (SSSR count). The summed E-state index contributed by atoms with van der Waals surface area (Å²) in [7, 11) is 3.90. The predicted octanol–water partition coefficient (Wildman–Crippen LogP) is 2.15. The third-order valence-electron chi connectivity index (χ3n) is 1.53. The molecule has 0 saturated carbocycles. The lowest BCUT2D eigenvalue weighted by molar-refractivity contribution is -0.116. The molecule has 0 aliphatic heterocycles. The number of ketones is 1. The minimum absolute atomic E-state index is 0.176. The first-order valence-corrected chi connectivity index (χ1v) is 4.24. The normalized spacial score (nSPS) is 11.8. The Bertz CT molecular complexity index is 236. The summed E-state index contributed by atoms with van der Waals surface area (Å²) in [6.07, 6.45) is 7.91. The van der Waals surface area contributed by atoms with Gasteiger partial charge in [0.05, 0.1) is 0 Å². The maximum atomic E-state index is 10.6. The Kier molecular flexibility index (Phi) is 5.60. The predicted molar refractivity (Wildman–Crippen MR) is 56.4 cm³/mol. The molecule has 2 nitrogen and oxygen atoms in total. The topological polar surface area (TPSA) is 20.3 Å². The van der Waals surface area contributed by atoms with Crippen LogP contribution in [-0.2, 0) is 4.79 Å². The molecular formula is C11H17NO. The van der Waals surface area contributed by atoms with E-state index in [9.17, 15) is 4.79 Å². The van der Waals surface area contributed by atoms with Gasteiger partial charge in [0.1, 0.15) is 5.78 Å². The zero-order chi connectivity index (χ0) is 10.3. The number of allylic oxidation sites excluding steroid dienone is 4. The van der Waals surface area contributed by atoms with E-state index in [2.05, 4.69) is 6.58 Å². The molecule has 13 heavy (non-hydrogen) atoms. The second-order valence-corrected chi connectivity index (χ2v) is 3.02. The maximum absolute atomic E-state index is 10.6. The molecule has 0 bridgehead atoms. The zero-order valence-electron chi connectivity index (χ0n) is 8.58. The number of nitrogens with zero attached hydrogens (tertiary/aromatic N) is 1. The van der Waals surface area contributed by atoms with Crippen molar-refractivity contribution in [2.45, 2.75) is 13.3 Å². The number of hydrogen-bond donors (Lipinski definition) is 0. The van der Waals surface area contributed by atoms with Crippen molar-refractivity contribution in [2.75, 3.05) is 14.1 Å². The molecule has 0 radical (unpaired) electrons. The van der Waals surface area contributed by atoms with Gasteiger partial charge in [-0.3, -0.25) is 4.79 Å². The highest BCUT2D eigenvalue weighted by atomic mass is 16.1. The molecule has 0 aromatic carbocycles. The molecule has 0 fully saturated rings. The Morgan fingerprint density at radius 1 is 1.46 bits per heavy atom. The van der Waals surface area contributed by atoms with Crippen molar-refractivity contribution in [3.63, 3.8) is 0 Å². The van der Waals surface area contributed by atoms with Gasteiger partial charge < -0.3 is 4.90 Å². The van der Waals surface area contributed by atoms with Crippen LogP contribution in [0.5, 0.6) is 0 Å². The van der Waals surface area contributed by atoms with Crippen molar-refractivity contribution in [1.29, 1.82) is 0 Å².